The van der Waals surface area contributed by atoms with Crippen LogP contribution >= 0.6 is 0 Å². The molecule has 2 aromatic rings. The Balaban J connectivity index is 1.52. The van der Waals surface area contributed by atoms with E-state index >= 15 is 0 Å². The molecule has 4 heteroatoms. The average Bonchev–Trinajstić information content (AvgIpc) is 2.85. The summed E-state index contributed by atoms with van der Waals surface area (Å²) in [6.07, 6.45) is 3.62. The molecular formula is C17H23N3O. The largest absolute Gasteiger partial charge is 0.375 e. The van der Waals surface area contributed by atoms with Gasteiger partial charge in [0.25, 0.3) is 0 Å². The van der Waals surface area contributed by atoms with Gasteiger partial charge in [0.2, 0.25) is 0 Å². The van der Waals surface area contributed by atoms with Crippen LogP contribution in [0.15, 0.2) is 24.3 Å². The fourth-order valence-corrected chi connectivity index (χ4v) is 3.67. The van der Waals surface area contributed by atoms with Crippen molar-refractivity contribution in [1.82, 2.24) is 14.7 Å². The van der Waals surface area contributed by atoms with Gasteiger partial charge in [-0.3, -0.25) is 9.58 Å². The molecule has 0 amide bonds. The molecular weight excluding hydrogens is 262 g/mol. The number of hydrogen-bond acceptors (Lipinski definition) is 3. The van der Waals surface area contributed by atoms with E-state index in [4.69, 9.17) is 9.84 Å². The highest BCUT2D eigenvalue weighted by atomic mass is 16.5. The van der Waals surface area contributed by atoms with Gasteiger partial charge in [-0.05, 0) is 32.3 Å². The summed E-state index contributed by atoms with van der Waals surface area (Å²) in [6.45, 7) is 7.27. The monoisotopic (exact) mass is 285 g/mol. The third kappa shape index (κ3) is 2.27. The van der Waals surface area contributed by atoms with Crippen molar-refractivity contribution in [2.24, 2.45) is 0 Å². The highest BCUT2D eigenvalue weighted by Crippen LogP contribution is 2.37. The van der Waals surface area contributed by atoms with E-state index in [2.05, 4.69) is 40.8 Å². The van der Waals surface area contributed by atoms with E-state index in [1.54, 1.807) is 0 Å². The number of aromatic nitrogens is 2. The van der Waals surface area contributed by atoms with Gasteiger partial charge < -0.3 is 4.74 Å². The average molecular weight is 285 g/mol. The lowest BCUT2D eigenvalue weighted by atomic mass is 9.84. The number of hydrogen-bond donors (Lipinski definition) is 0. The standard InChI is InChI=1S/C17H23N3O/c1-2-20-16-6-4-3-5-14(16)15(18-20)13-19-10-7-17(8-11-19)9-12-21-17/h3-6H,2,7-13H2,1H3. The Morgan fingerprint density at radius 3 is 2.62 bits per heavy atom. The molecule has 2 aliphatic rings. The molecule has 0 atom stereocenters. The molecule has 0 aliphatic carbocycles. The summed E-state index contributed by atoms with van der Waals surface area (Å²) >= 11 is 0. The number of para-hydroxylation sites is 1. The van der Waals surface area contributed by atoms with Crippen LogP contribution in [0.5, 0.6) is 0 Å². The summed E-state index contributed by atoms with van der Waals surface area (Å²) in [4.78, 5) is 2.53. The maximum absolute atomic E-state index is 5.80. The van der Waals surface area contributed by atoms with E-state index in [1.165, 1.54) is 35.9 Å². The molecule has 1 aromatic heterocycles. The molecule has 0 bridgehead atoms. The third-order valence-corrected chi connectivity index (χ3v) is 5.14. The van der Waals surface area contributed by atoms with Crippen molar-refractivity contribution in [2.45, 2.75) is 44.9 Å². The number of likely N-dealkylation sites (tertiary alicyclic amines) is 1. The van der Waals surface area contributed by atoms with Crippen molar-refractivity contribution in [3.8, 4) is 0 Å². The first-order valence-corrected chi connectivity index (χ1v) is 8.10. The predicted octanol–water partition coefficient (Wildman–Crippen LogP) is 2.81. The number of nitrogens with zero attached hydrogens (tertiary/aromatic N) is 3. The van der Waals surface area contributed by atoms with E-state index in [9.17, 15) is 0 Å². The van der Waals surface area contributed by atoms with E-state index in [0.29, 0.717) is 0 Å². The van der Waals surface area contributed by atoms with Crippen LogP contribution in [-0.4, -0.2) is 40.0 Å². The van der Waals surface area contributed by atoms with Crippen molar-refractivity contribution in [3.63, 3.8) is 0 Å². The molecule has 3 heterocycles. The van der Waals surface area contributed by atoms with Crippen molar-refractivity contribution < 1.29 is 4.74 Å². The van der Waals surface area contributed by atoms with E-state index in [-0.39, 0.29) is 5.60 Å². The van der Waals surface area contributed by atoms with Crippen molar-refractivity contribution in [2.75, 3.05) is 19.7 Å². The van der Waals surface area contributed by atoms with Gasteiger partial charge in [-0.1, -0.05) is 18.2 Å². The number of fused-ring (bicyclic) bond motifs is 1. The van der Waals surface area contributed by atoms with Gasteiger partial charge in [-0.2, -0.15) is 5.10 Å². The zero-order valence-corrected chi connectivity index (χ0v) is 12.7. The molecule has 4 nitrogen and oxygen atoms in total. The molecule has 2 fully saturated rings. The van der Waals surface area contributed by atoms with E-state index in [1.807, 2.05) is 0 Å². The van der Waals surface area contributed by atoms with Crippen molar-refractivity contribution in [1.29, 1.82) is 0 Å². The zero-order chi connectivity index (χ0) is 14.3. The molecule has 21 heavy (non-hydrogen) atoms. The van der Waals surface area contributed by atoms with Crippen LogP contribution in [0.2, 0.25) is 0 Å². The Morgan fingerprint density at radius 2 is 1.95 bits per heavy atom. The minimum Gasteiger partial charge on any atom is -0.375 e. The van der Waals surface area contributed by atoms with Crippen LogP contribution in [0.1, 0.15) is 31.9 Å². The Bertz CT molecular complexity index is 635. The fraction of sp³-hybridized carbons (Fsp3) is 0.588. The van der Waals surface area contributed by atoms with Gasteiger partial charge in [0.1, 0.15) is 0 Å². The van der Waals surface area contributed by atoms with Gasteiger partial charge in [0.05, 0.1) is 23.4 Å². The number of benzene rings is 1. The minimum atomic E-state index is 0.237. The maximum Gasteiger partial charge on any atom is 0.0843 e. The lowest BCUT2D eigenvalue weighted by Gasteiger charge is -2.47. The normalized spacial score (nSPS) is 21.8. The SMILES string of the molecule is CCn1nc(CN2CCC3(CCO3)CC2)c2ccccc21. The Labute approximate surface area is 125 Å². The highest BCUT2D eigenvalue weighted by molar-refractivity contribution is 5.81. The fourth-order valence-electron chi connectivity index (χ4n) is 3.67. The lowest BCUT2D eigenvalue weighted by molar-refractivity contribution is -0.173. The van der Waals surface area contributed by atoms with Gasteiger partial charge >= 0.3 is 0 Å². The van der Waals surface area contributed by atoms with Gasteiger partial charge in [0, 0.05) is 31.6 Å². The van der Waals surface area contributed by atoms with Gasteiger partial charge in [0.15, 0.2) is 0 Å². The first-order chi connectivity index (χ1) is 10.3. The first-order valence-electron chi connectivity index (χ1n) is 8.10. The smallest absolute Gasteiger partial charge is 0.0843 e. The first kappa shape index (κ1) is 13.3. The maximum atomic E-state index is 5.80. The molecule has 0 N–H and O–H groups in total. The molecule has 112 valence electrons. The third-order valence-electron chi connectivity index (χ3n) is 5.14. The molecule has 1 aromatic carbocycles. The van der Waals surface area contributed by atoms with Crippen LogP contribution in [-0.2, 0) is 17.8 Å². The van der Waals surface area contributed by atoms with Crippen molar-refractivity contribution in [3.05, 3.63) is 30.0 Å². The number of piperidine rings is 1. The quantitative estimate of drug-likeness (QED) is 0.868. The molecule has 0 unspecified atom stereocenters. The molecule has 2 aliphatic heterocycles. The Kier molecular flexibility index (Phi) is 3.23. The summed E-state index contributed by atoms with van der Waals surface area (Å²) in [5.74, 6) is 0. The zero-order valence-electron chi connectivity index (χ0n) is 12.7. The Hall–Kier alpha value is -1.39. The second-order valence-corrected chi connectivity index (χ2v) is 6.34. The van der Waals surface area contributed by atoms with Crippen LogP contribution < -0.4 is 0 Å². The minimum absolute atomic E-state index is 0.237. The number of ether oxygens (including phenoxy) is 1. The second kappa shape index (κ2) is 5.11. The summed E-state index contributed by atoms with van der Waals surface area (Å²) in [6, 6.07) is 8.58. The molecule has 0 saturated carbocycles. The van der Waals surface area contributed by atoms with Gasteiger partial charge in [-0.15, -0.1) is 0 Å². The number of aryl methyl sites for hydroxylation is 1. The van der Waals surface area contributed by atoms with Crippen LogP contribution in [0, 0.1) is 0 Å². The van der Waals surface area contributed by atoms with E-state index in [0.717, 1.165) is 32.8 Å². The summed E-state index contributed by atoms with van der Waals surface area (Å²) < 4.78 is 7.92. The van der Waals surface area contributed by atoms with Crippen molar-refractivity contribution >= 4 is 10.9 Å². The molecule has 1 spiro atoms. The molecule has 0 radical (unpaired) electrons. The lowest BCUT2D eigenvalue weighted by Crippen LogP contribution is -2.52. The summed E-state index contributed by atoms with van der Waals surface area (Å²) in [5.41, 5.74) is 2.71. The summed E-state index contributed by atoms with van der Waals surface area (Å²) in [7, 11) is 0. The predicted molar refractivity (Wildman–Crippen MR) is 83.2 cm³/mol. The molecule has 2 saturated heterocycles. The molecule has 4 rings (SSSR count). The van der Waals surface area contributed by atoms with E-state index < -0.39 is 0 Å². The van der Waals surface area contributed by atoms with Gasteiger partial charge in [-0.25, -0.2) is 0 Å². The Morgan fingerprint density at radius 1 is 1.19 bits per heavy atom. The summed E-state index contributed by atoms with van der Waals surface area (Å²) in [5, 5.41) is 6.12. The van der Waals surface area contributed by atoms with Crippen LogP contribution in [0.4, 0.5) is 0 Å². The number of rotatable bonds is 3. The topological polar surface area (TPSA) is 30.3 Å². The second-order valence-electron chi connectivity index (χ2n) is 6.34. The van der Waals surface area contributed by atoms with Crippen LogP contribution in [0.3, 0.4) is 0 Å². The highest BCUT2D eigenvalue weighted by Gasteiger charge is 2.41. The van der Waals surface area contributed by atoms with Crippen LogP contribution in [0.25, 0.3) is 10.9 Å².